The first-order valence-corrected chi connectivity index (χ1v) is 7.08. The maximum Gasteiger partial charge on any atom is 0.323 e. The summed E-state index contributed by atoms with van der Waals surface area (Å²) in [5.41, 5.74) is 2.45. The molecule has 0 aliphatic carbocycles. The lowest BCUT2D eigenvalue weighted by Gasteiger charge is -2.32. The molecule has 1 aromatic rings. The summed E-state index contributed by atoms with van der Waals surface area (Å²) in [5.74, 6) is -0.109. The molecule has 2 rings (SSSR count). The molecule has 1 aromatic carbocycles. The van der Waals surface area contributed by atoms with Crippen molar-refractivity contribution >= 4 is 5.97 Å². The third-order valence-electron chi connectivity index (χ3n) is 3.85. The predicted molar refractivity (Wildman–Crippen MR) is 76.1 cm³/mol. The Morgan fingerprint density at radius 1 is 1.21 bits per heavy atom. The smallest absolute Gasteiger partial charge is 0.323 e. The van der Waals surface area contributed by atoms with Crippen molar-refractivity contribution in [2.24, 2.45) is 0 Å². The van der Waals surface area contributed by atoms with Gasteiger partial charge >= 0.3 is 5.97 Å². The number of hydrogen-bond acceptors (Lipinski definition) is 3. The molecule has 0 saturated carbocycles. The Bertz CT molecular complexity index is 407. The summed E-state index contributed by atoms with van der Waals surface area (Å²) in [7, 11) is 1.48. The Morgan fingerprint density at radius 3 is 2.42 bits per heavy atom. The topological polar surface area (TPSA) is 29.5 Å². The molecule has 3 heteroatoms. The molecule has 104 valence electrons. The van der Waals surface area contributed by atoms with E-state index in [1.165, 1.54) is 37.5 Å². The SMILES string of the molecule is COC(=O)[C@@H](Cc1ccc(C)cc1)N1CCCCC1. The zero-order valence-electron chi connectivity index (χ0n) is 11.9. The summed E-state index contributed by atoms with van der Waals surface area (Å²) >= 11 is 0. The number of rotatable bonds is 4. The Hall–Kier alpha value is -1.35. The van der Waals surface area contributed by atoms with Crippen LogP contribution in [0.5, 0.6) is 0 Å². The van der Waals surface area contributed by atoms with Crippen LogP contribution in [0.25, 0.3) is 0 Å². The van der Waals surface area contributed by atoms with Gasteiger partial charge in [-0.25, -0.2) is 0 Å². The molecule has 0 amide bonds. The van der Waals surface area contributed by atoms with Crippen molar-refractivity contribution < 1.29 is 9.53 Å². The monoisotopic (exact) mass is 261 g/mol. The number of carbonyl (C=O) groups excluding carboxylic acids is 1. The van der Waals surface area contributed by atoms with E-state index in [9.17, 15) is 4.79 Å². The largest absolute Gasteiger partial charge is 0.468 e. The van der Waals surface area contributed by atoms with E-state index in [4.69, 9.17) is 4.74 Å². The van der Waals surface area contributed by atoms with Gasteiger partial charge in [-0.15, -0.1) is 0 Å². The minimum Gasteiger partial charge on any atom is -0.468 e. The number of ether oxygens (including phenoxy) is 1. The van der Waals surface area contributed by atoms with Gasteiger partial charge in [0.2, 0.25) is 0 Å². The van der Waals surface area contributed by atoms with E-state index in [0.717, 1.165) is 19.5 Å². The summed E-state index contributed by atoms with van der Waals surface area (Å²) in [5, 5.41) is 0. The van der Waals surface area contributed by atoms with Gasteiger partial charge in [0.25, 0.3) is 0 Å². The second-order valence-corrected chi connectivity index (χ2v) is 5.33. The van der Waals surface area contributed by atoms with Crippen LogP contribution in [0.2, 0.25) is 0 Å². The lowest BCUT2D eigenvalue weighted by atomic mass is 10.0. The number of hydrogen-bond donors (Lipinski definition) is 0. The molecule has 1 saturated heterocycles. The van der Waals surface area contributed by atoms with E-state index in [1.54, 1.807) is 0 Å². The van der Waals surface area contributed by atoms with Gasteiger partial charge in [-0.1, -0.05) is 36.2 Å². The lowest BCUT2D eigenvalue weighted by molar-refractivity contribution is -0.147. The van der Waals surface area contributed by atoms with Crippen molar-refractivity contribution in [3.63, 3.8) is 0 Å². The Labute approximate surface area is 115 Å². The molecule has 3 nitrogen and oxygen atoms in total. The molecule has 0 aromatic heterocycles. The average molecular weight is 261 g/mol. The highest BCUT2D eigenvalue weighted by Crippen LogP contribution is 2.17. The summed E-state index contributed by atoms with van der Waals surface area (Å²) in [6.45, 7) is 4.09. The number of piperidine rings is 1. The first-order valence-electron chi connectivity index (χ1n) is 7.08. The third kappa shape index (κ3) is 3.80. The van der Waals surface area contributed by atoms with Crippen LogP contribution < -0.4 is 0 Å². The van der Waals surface area contributed by atoms with Crippen molar-refractivity contribution in [1.29, 1.82) is 0 Å². The fraction of sp³-hybridized carbons (Fsp3) is 0.562. The second kappa shape index (κ2) is 6.71. The minimum atomic E-state index is -0.131. The maximum atomic E-state index is 12.0. The summed E-state index contributed by atoms with van der Waals surface area (Å²) in [6.07, 6.45) is 4.38. The first-order chi connectivity index (χ1) is 9.20. The van der Waals surface area contributed by atoms with Gasteiger partial charge in [0, 0.05) is 0 Å². The van der Waals surface area contributed by atoms with Crippen LogP contribution in [0, 0.1) is 6.92 Å². The predicted octanol–water partition coefficient (Wildman–Crippen LogP) is 2.57. The molecule has 0 bridgehead atoms. The van der Waals surface area contributed by atoms with E-state index in [-0.39, 0.29) is 12.0 Å². The van der Waals surface area contributed by atoms with Crippen LogP contribution >= 0.6 is 0 Å². The molecular weight excluding hydrogens is 238 g/mol. The van der Waals surface area contributed by atoms with E-state index in [0.29, 0.717) is 0 Å². The van der Waals surface area contributed by atoms with E-state index in [1.807, 2.05) is 0 Å². The van der Waals surface area contributed by atoms with Gasteiger partial charge in [0.05, 0.1) is 7.11 Å². The van der Waals surface area contributed by atoms with E-state index >= 15 is 0 Å². The molecule has 1 atom stereocenters. The maximum absolute atomic E-state index is 12.0. The molecule has 0 N–H and O–H groups in total. The lowest BCUT2D eigenvalue weighted by Crippen LogP contribution is -2.46. The zero-order valence-corrected chi connectivity index (χ0v) is 11.9. The van der Waals surface area contributed by atoms with Gasteiger partial charge in [-0.05, 0) is 44.8 Å². The summed E-state index contributed by atoms with van der Waals surface area (Å²) in [4.78, 5) is 14.3. The standard InChI is InChI=1S/C16H23NO2/c1-13-6-8-14(9-7-13)12-15(16(18)19-2)17-10-4-3-5-11-17/h6-9,15H,3-5,10-12H2,1-2H3/t15-/m1/s1. The first kappa shape index (κ1) is 14.1. The Morgan fingerprint density at radius 2 is 1.84 bits per heavy atom. The zero-order chi connectivity index (χ0) is 13.7. The molecule has 0 unspecified atom stereocenters. The van der Waals surface area contributed by atoms with Crippen LogP contribution in [0.3, 0.4) is 0 Å². The molecule has 0 spiro atoms. The average Bonchev–Trinajstić information content (AvgIpc) is 2.47. The van der Waals surface area contributed by atoms with Crippen LogP contribution in [-0.4, -0.2) is 37.1 Å². The van der Waals surface area contributed by atoms with Gasteiger partial charge in [-0.3, -0.25) is 9.69 Å². The highest BCUT2D eigenvalue weighted by molar-refractivity contribution is 5.76. The number of esters is 1. The summed E-state index contributed by atoms with van der Waals surface area (Å²) < 4.78 is 4.98. The third-order valence-corrected chi connectivity index (χ3v) is 3.85. The van der Waals surface area contributed by atoms with Gasteiger partial charge in [0.15, 0.2) is 0 Å². The van der Waals surface area contributed by atoms with E-state index < -0.39 is 0 Å². The van der Waals surface area contributed by atoms with E-state index in [2.05, 4.69) is 36.1 Å². The number of methoxy groups -OCH3 is 1. The van der Waals surface area contributed by atoms with Gasteiger partial charge in [0.1, 0.15) is 6.04 Å². The minimum absolute atomic E-state index is 0.109. The fourth-order valence-electron chi connectivity index (χ4n) is 2.68. The second-order valence-electron chi connectivity index (χ2n) is 5.33. The van der Waals surface area contributed by atoms with Gasteiger partial charge < -0.3 is 4.74 Å². The molecule has 0 radical (unpaired) electrons. The van der Waals surface area contributed by atoms with Crippen LogP contribution in [0.1, 0.15) is 30.4 Å². The normalized spacial score (nSPS) is 18.0. The summed E-state index contributed by atoms with van der Waals surface area (Å²) in [6, 6.07) is 8.28. The van der Waals surface area contributed by atoms with Crippen molar-refractivity contribution in [2.45, 2.75) is 38.6 Å². The number of carbonyl (C=O) groups is 1. The fourth-order valence-corrected chi connectivity index (χ4v) is 2.68. The van der Waals surface area contributed by atoms with Crippen molar-refractivity contribution in [1.82, 2.24) is 4.90 Å². The molecule has 1 aliphatic heterocycles. The van der Waals surface area contributed by atoms with Crippen molar-refractivity contribution in [3.8, 4) is 0 Å². The number of benzene rings is 1. The number of aryl methyl sites for hydroxylation is 1. The molecule has 1 heterocycles. The van der Waals surface area contributed by atoms with Crippen molar-refractivity contribution in [3.05, 3.63) is 35.4 Å². The van der Waals surface area contributed by atoms with Crippen LogP contribution in [0.4, 0.5) is 0 Å². The molecule has 1 aliphatic rings. The van der Waals surface area contributed by atoms with Crippen LogP contribution in [0.15, 0.2) is 24.3 Å². The quantitative estimate of drug-likeness (QED) is 0.780. The highest BCUT2D eigenvalue weighted by Gasteiger charge is 2.27. The number of nitrogens with zero attached hydrogens (tertiary/aromatic N) is 1. The number of likely N-dealkylation sites (tertiary alicyclic amines) is 1. The Kier molecular flexibility index (Phi) is 4.97. The van der Waals surface area contributed by atoms with Crippen LogP contribution in [-0.2, 0) is 16.0 Å². The Balaban J connectivity index is 2.08. The highest BCUT2D eigenvalue weighted by atomic mass is 16.5. The molecule has 19 heavy (non-hydrogen) atoms. The van der Waals surface area contributed by atoms with Crippen molar-refractivity contribution in [2.75, 3.05) is 20.2 Å². The molecular formula is C16H23NO2. The molecule has 1 fully saturated rings. The van der Waals surface area contributed by atoms with Gasteiger partial charge in [-0.2, -0.15) is 0 Å².